The third kappa shape index (κ3) is 3.89. The Hall–Kier alpha value is -1.92. The zero-order valence-corrected chi connectivity index (χ0v) is 13.8. The van der Waals surface area contributed by atoms with Gasteiger partial charge >= 0.3 is 0 Å². The van der Waals surface area contributed by atoms with E-state index in [-0.39, 0.29) is 12.5 Å². The molecule has 6 heteroatoms. The zero-order chi connectivity index (χ0) is 16.3. The highest BCUT2D eigenvalue weighted by Gasteiger charge is 2.42. The summed E-state index contributed by atoms with van der Waals surface area (Å²) in [7, 11) is 0. The molecule has 122 valence electrons. The van der Waals surface area contributed by atoms with Gasteiger partial charge in [-0.15, -0.1) is 11.3 Å². The minimum atomic E-state index is -0.547. The molecule has 5 nitrogen and oxygen atoms in total. The van der Waals surface area contributed by atoms with Gasteiger partial charge in [-0.25, -0.2) is 4.98 Å². The van der Waals surface area contributed by atoms with Gasteiger partial charge in [-0.3, -0.25) is 4.79 Å². The topological polar surface area (TPSA) is 71.5 Å². The van der Waals surface area contributed by atoms with Crippen molar-refractivity contribution in [3.05, 3.63) is 46.4 Å². The van der Waals surface area contributed by atoms with Crippen molar-refractivity contribution in [2.45, 2.75) is 31.9 Å². The number of hydrogen-bond acceptors (Lipinski definition) is 5. The fraction of sp³-hybridized carbons (Fsp3) is 0.412. The Balaban J connectivity index is 1.65. The number of aliphatic hydroxyl groups excluding tert-OH is 1. The minimum absolute atomic E-state index is 0.0522. The van der Waals surface area contributed by atoms with Crippen LogP contribution in [0.1, 0.15) is 35.8 Å². The van der Waals surface area contributed by atoms with Gasteiger partial charge in [0.15, 0.2) is 0 Å². The largest absolute Gasteiger partial charge is 0.487 e. The Morgan fingerprint density at radius 2 is 2.35 bits per heavy atom. The molecule has 2 N–H and O–H groups in total. The number of thiazole rings is 1. The van der Waals surface area contributed by atoms with E-state index in [4.69, 9.17) is 4.74 Å². The molecule has 0 spiro atoms. The molecule has 3 rings (SSSR count). The number of nitrogens with zero attached hydrogens (tertiary/aromatic N) is 1. The van der Waals surface area contributed by atoms with Crippen LogP contribution in [0.4, 0.5) is 0 Å². The molecule has 1 heterocycles. The summed E-state index contributed by atoms with van der Waals surface area (Å²) in [4.78, 5) is 16.6. The molecule has 1 amide bonds. The smallest absolute Gasteiger partial charge is 0.251 e. The molecule has 0 saturated heterocycles. The average molecular weight is 332 g/mol. The quantitative estimate of drug-likeness (QED) is 0.817. The summed E-state index contributed by atoms with van der Waals surface area (Å²) < 4.78 is 5.67. The van der Waals surface area contributed by atoms with Crippen LogP contribution < -0.4 is 10.1 Å². The van der Waals surface area contributed by atoms with E-state index in [1.807, 2.05) is 18.4 Å². The molecule has 1 unspecified atom stereocenters. The minimum Gasteiger partial charge on any atom is -0.487 e. The van der Waals surface area contributed by atoms with Crippen LogP contribution >= 0.6 is 11.3 Å². The average Bonchev–Trinajstić information content (AvgIpc) is 3.31. The number of nitrogens with one attached hydrogen (secondary N) is 1. The normalized spacial score (nSPS) is 16.6. The van der Waals surface area contributed by atoms with Gasteiger partial charge < -0.3 is 15.2 Å². The molecule has 1 aromatic heterocycles. The number of aliphatic hydroxyl groups is 1. The standard InChI is InChI=1S/C17H20N2O3S/c1-17(10-20,13-5-6-13)19-16(21)12-3-2-4-15(7-12)22-8-14-9-23-11-18-14/h2-4,7,9,11,13,20H,5-6,8,10H2,1H3,(H,19,21). The van der Waals surface area contributed by atoms with Crippen LogP contribution in [0.3, 0.4) is 0 Å². The molecule has 1 aliphatic rings. The lowest BCUT2D eigenvalue weighted by atomic mass is 9.96. The van der Waals surface area contributed by atoms with Crippen molar-refractivity contribution in [2.24, 2.45) is 5.92 Å². The van der Waals surface area contributed by atoms with E-state index in [2.05, 4.69) is 10.3 Å². The number of benzene rings is 1. The first kappa shape index (κ1) is 16.0. The Morgan fingerprint density at radius 3 is 3.00 bits per heavy atom. The molecule has 0 radical (unpaired) electrons. The molecular weight excluding hydrogens is 312 g/mol. The molecule has 0 bridgehead atoms. The molecule has 2 aromatic rings. The molecule has 1 fully saturated rings. The monoisotopic (exact) mass is 332 g/mol. The SMILES string of the molecule is CC(CO)(NC(=O)c1cccc(OCc2cscn2)c1)C1CC1. The number of carbonyl (C=O) groups excluding carboxylic acids is 1. The summed E-state index contributed by atoms with van der Waals surface area (Å²) in [5.41, 5.74) is 2.61. The lowest BCUT2D eigenvalue weighted by molar-refractivity contribution is 0.0824. The van der Waals surface area contributed by atoms with Crippen LogP contribution in [-0.4, -0.2) is 28.1 Å². The number of hydrogen-bond donors (Lipinski definition) is 2. The van der Waals surface area contributed by atoms with Gasteiger partial charge in [-0.05, 0) is 43.9 Å². The predicted molar refractivity (Wildman–Crippen MR) is 88.6 cm³/mol. The van der Waals surface area contributed by atoms with E-state index in [0.717, 1.165) is 18.5 Å². The van der Waals surface area contributed by atoms with Gasteiger partial charge in [-0.2, -0.15) is 0 Å². The second-order valence-corrected chi connectivity index (χ2v) is 6.82. The zero-order valence-electron chi connectivity index (χ0n) is 13.0. The summed E-state index contributed by atoms with van der Waals surface area (Å²) in [5.74, 6) is 0.802. The summed E-state index contributed by atoms with van der Waals surface area (Å²) >= 11 is 1.52. The molecule has 23 heavy (non-hydrogen) atoms. The van der Waals surface area contributed by atoms with Crippen LogP contribution in [0.15, 0.2) is 35.2 Å². The van der Waals surface area contributed by atoms with Crippen molar-refractivity contribution >= 4 is 17.2 Å². The fourth-order valence-corrected chi connectivity index (χ4v) is 3.06. The predicted octanol–water partition coefficient (Wildman–Crippen LogP) is 2.61. The van der Waals surface area contributed by atoms with Crippen LogP contribution in [0.5, 0.6) is 5.75 Å². The molecule has 1 saturated carbocycles. The Kier molecular flexibility index (Phi) is 4.63. The van der Waals surface area contributed by atoms with Gasteiger partial charge in [-0.1, -0.05) is 6.07 Å². The molecular formula is C17H20N2O3S. The number of carbonyl (C=O) groups is 1. The Labute approximate surface area is 139 Å². The number of aromatic nitrogens is 1. The lowest BCUT2D eigenvalue weighted by Gasteiger charge is -2.28. The molecule has 1 aliphatic carbocycles. The van der Waals surface area contributed by atoms with Crippen LogP contribution in [-0.2, 0) is 6.61 Å². The van der Waals surface area contributed by atoms with E-state index in [1.165, 1.54) is 11.3 Å². The van der Waals surface area contributed by atoms with E-state index in [0.29, 0.717) is 23.8 Å². The van der Waals surface area contributed by atoms with E-state index >= 15 is 0 Å². The maximum Gasteiger partial charge on any atom is 0.251 e. The number of amides is 1. The van der Waals surface area contributed by atoms with Crippen molar-refractivity contribution in [1.29, 1.82) is 0 Å². The number of rotatable bonds is 7. The third-order valence-corrected chi connectivity index (χ3v) is 4.81. The van der Waals surface area contributed by atoms with E-state index in [1.54, 1.807) is 23.7 Å². The van der Waals surface area contributed by atoms with Crippen molar-refractivity contribution in [3.63, 3.8) is 0 Å². The second-order valence-electron chi connectivity index (χ2n) is 6.10. The summed E-state index contributed by atoms with van der Waals surface area (Å²) in [6.45, 7) is 2.22. The highest BCUT2D eigenvalue weighted by molar-refractivity contribution is 7.07. The van der Waals surface area contributed by atoms with Gasteiger partial charge in [0.25, 0.3) is 5.91 Å². The molecule has 1 aromatic carbocycles. The highest BCUT2D eigenvalue weighted by Crippen LogP contribution is 2.39. The van der Waals surface area contributed by atoms with Gasteiger partial charge in [0.2, 0.25) is 0 Å². The van der Waals surface area contributed by atoms with Gasteiger partial charge in [0, 0.05) is 10.9 Å². The van der Waals surface area contributed by atoms with Gasteiger partial charge in [0.05, 0.1) is 23.4 Å². The molecule has 0 aliphatic heterocycles. The maximum absolute atomic E-state index is 12.4. The lowest BCUT2D eigenvalue weighted by Crippen LogP contribution is -2.50. The van der Waals surface area contributed by atoms with Crippen molar-refractivity contribution in [3.8, 4) is 5.75 Å². The first-order chi connectivity index (χ1) is 11.1. The van der Waals surface area contributed by atoms with E-state index < -0.39 is 5.54 Å². The fourth-order valence-electron chi connectivity index (χ4n) is 2.52. The van der Waals surface area contributed by atoms with Crippen molar-refractivity contribution in [1.82, 2.24) is 10.3 Å². The Bertz CT molecular complexity index is 670. The third-order valence-electron chi connectivity index (χ3n) is 4.17. The first-order valence-electron chi connectivity index (χ1n) is 7.64. The van der Waals surface area contributed by atoms with Crippen molar-refractivity contribution < 1.29 is 14.6 Å². The Morgan fingerprint density at radius 1 is 1.52 bits per heavy atom. The van der Waals surface area contributed by atoms with Crippen LogP contribution in [0, 0.1) is 5.92 Å². The van der Waals surface area contributed by atoms with Gasteiger partial charge in [0.1, 0.15) is 12.4 Å². The summed E-state index contributed by atoms with van der Waals surface area (Å²) in [6.07, 6.45) is 2.10. The maximum atomic E-state index is 12.4. The van der Waals surface area contributed by atoms with E-state index in [9.17, 15) is 9.90 Å². The van der Waals surface area contributed by atoms with Crippen molar-refractivity contribution in [2.75, 3.05) is 6.61 Å². The summed E-state index contributed by atoms with van der Waals surface area (Å²) in [5, 5.41) is 14.5. The molecule has 1 atom stereocenters. The first-order valence-corrected chi connectivity index (χ1v) is 8.58. The van der Waals surface area contributed by atoms with Crippen LogP contribution in [0.25, 0.3) is 0 Å². The number of ether oxygens (including phenoxy) is 1. The highest BCUT2D eigenvalue weighted by atomic mass is 32.1. The van der Waals surface area contributed by atoms with Crippen LogP contribution in [0.2, 0.25) is 0 Å². The second kappa shape index (κ2) is 6.68. The summed E-state index contributed by atoms with van der Waals surface area (Å²) in [6, 6.07) is 7.07.